The molecule has 4 aromatic rings. The fraction of sp³-hybridized carbons (Fsp3) is 0.387. The number of aromatic nitrogens is 4. The zero-order valence-corrected chi connectivity index (χ0v) is 22.4. The van der Waals surface area contributed by atoms with Crippen LogP contribution in [0.4, 0.5) is 5.69 Å². The van der Waals surface area contributed by atoms with Crippen molar-refractivity contribution >= 4 is 5.69 Å². The number of anilines is 1. The van der Waals surface area contributed by atoms with Gasteiger partial charge in [-0.1, -0.05) is 32.9 Å². The molecule has 1 atom stereocenters. The average Bonchev–Trinajstić information content (AvgIpc) is 3.57. The van der Waals surface area contributed by atoms with E-state index in [0.717, 1.165) is 48.0 Å². The van der Waals surface area contributed by atoms with Crippen LogP contribution in [0, 0.1) is 17.2 Å². The van der Waals surface area contributed by atoms with Gasteiger partial charge in [0.15, 0.2) is 5.82 Å². The van der Waals surface area contributed by atoms with Crippen LogP contribution in [-0.2, 0) is 6.54 Å². The number of nitrogens with one attached hydrogen (secondary N) is 1. The van der Waals surface area contributed by atoms with E-state index in [2.05, 4.69) is 86.9 Å². The van der Waals surface area contributed by atoms with Gasteiger partial charge in [-0.3, -0.25) is 4.57 Å². The minimum absolute atomic E-state index is 0.599. The molecule has 0 unspecified atom stereocenters. The van der Waals surface area contributed by atoms with Crippen LogP contribution in [0.15, 0.2) is 61.1 Å². The third kappa shape index (κ3) is 4.50. The van der Waals surface area contributed by atoms with Crippen molar-refractivity contribution in [2.75, 3.05) is 18.0 Å². The van der Waals surface area contributed by atoms with Gasteiger partial charge in [-0.25, -0.2) is 0 Å². The molecule has 0 radical (unpaired) electrons. The summed E-state index contributed by atoms with van der Waals surface area (Å²) in [7, 11) is 0. The Kier molecular flexibility index (Phi) is 6.50. The minimum atomic E-state index is 0.599. The average molecular weight is 506 g/mol. The first-order valence-corrected chi connectivity index (χ1v) is 13.8. The summed E-state index contributed by atoms with van der Waals surface area (Å²) < 4.78 is 4.38. The fourth-order valence-electron chi connectivity index (χ4n) is 6.01. The van der Waals surface area contributed by atoms with Crippen LogP contribution in [0.25, 0.3) is 28.3 Å². The molecule has 0 bridgehead atoms. The van der Waals surface area contributed by atoms with Crippen molar-refractivity contribution in [3.63, 3.8) is 0 Å². The van der Waals surface area contributed by atoms with Crippen molar-refractivity contribution in [3.05, 3.63) is 72.2 Å². The maximum Gasteiger partial charge on any atom is 0.185 e. The zero-order valence-electron chi connectivity index (χ0n) is 22.4. The molecule has 7 nitrogen and oxygen atoms in total. The monoisotopic (exact) mass is 505 g/mol. The predicted molar refractivity (Wildman–Crippen MR) is 151 cm³/mol. The van der Waals surface area contributed by atoms with Gasteiger partial charge in [-0.2, -0.15) is 5.26 Å². The second kappa shape index (κ2) is 10.1. The van der Waals surface area contributed by atoms with Gasteiger partial charge in [0.05, 0.1) is 23.0 Å². The third-order valence-corrected chi connectivity index (χ3v) is 8.24. The normalized spacial score (nSPS) is 15.9. The Labute approximate surface area is 224 Å². The van der Waals surface area contributed by atoms with E-state index in [4.69, 9.17) is 5.26 Å². The van der Waals surface area contributed by atoms with Crippen LogP contribution in [0.2, 0.25) is 0 Å². The van der Waals surface area contributed by atoms with E-state index in [-0.39, 0.29) is 0 Å². The first-order chi connectivity index (χ1) is 18.5. The van der Waals surface area contributed by atoms with Gasteiger partial charge >= 0.3 is 0 Å². The Balaban J connectivity index is 1.26. The highest BCUT2D eigenvalue weighted by atomic mass is 15.3. The van der Waals surface area contributed by atoms with Gasteiger partial charge in [0.25, 0.3) is 0 Å². The standard InChI is InChI=1S/C31H35N7/c1-4-28(21(2)3)34-26-11-13-36(14-12-26)27-9-10-29-25(15-27)19-37-18-24(23-7-5-22(17-32)6-8-23)16-30(37)31-35-33-20-38(29)31/h5-10,15-16,18,20-21,26,28,34H,4,11-14,19H2,1-3H3/t28-/m1/s1. The lowest BCUT2D eigenvalue weighted by Crippen LogP contribution is -2.47. The van der Waals surface area contributed by atoms with Crippen LogP contribution in [-0.4, -0.2) is 44.5 Å². The van der Waals surface area contributed by atoms with Crippen molar-refractivity contribution < 1.29 is 0 Å². The third-order valence-electron chi connectivity index (χ3n) is 8.24. The second-order valence-corrected chi connectivity index (χ2v) is 11.0. The first-order valence-electron chi connectivity index (χ1n) is 13.8. The molecule has 0 saturated carbocycles. The molecule has 38 heavy (non-hydrogen) atoms. The van der Waals surface area contributed by atoms with Gasteiger partial charge in [0.1, 0.15) is 6.33 Å². The molecule has 6 rings (SSSR count). The highest BCUT2D eigenvalue weighted by Crippen LogP contribution is 2.35. The van der Waals surface area contributed by atoms with Crippen molar-refractivity contribution in [2.24, 2.45) is 5.92 Å². The number of hydrogen-bond donors (Lipinski definition) is 1. The lowest BCUT2D eigenvalue weighted by Gasteiger charge is -2.37. The molecule has 0 amide bonds. The predicted octanol–water partition coefficient (Wildman–Crippen LogP) is 5.63. The quantitative estimate of drug-likeness (QED) is 0.324. The largest absolute Gasteiger partial charge is 0.371 e. The number of nitrogens with zero attached hydrogens (tertiary/aromatic N) is 6. The fourth-order valence-corrected chi connectivity index (χ4v) is 6.01. The summed E-state index contributed by atoms with van der Waals surface area (Å²) >= 11 is 0. The lowest BCUT2D eigenvalue weighted by atomic mass is 9.97. The first kappa shape index (κ1) is 24.4. The highest BCUT2D eigenvalue weighted by molar-refractivity contribution is 5.72. The second-order valence-electron chi connectivity index (χ2n) is 11.0. The maximum atomic E-state index is 9.16. The molecule has 1 N–H and O–H groups in total. The van der Waals surface area contributed by atoms with Crippen LogP contribution in [0.3, 0.4) is 0 Å². The summed E-state index contributed by atoms with van der Waals surface area (Å²) in [6.07, 6.45) is 7.53. The van der Waals surface area contributed by atoms with Gasteiger partial charge in [0.2, 0.25) is 0 Å². The molecule has 2 aromatic carbocycles. The van der Waals surface area contributed by atoms with E-state index in [9.17, 15) is 0 Å². The molecule has 2 aromatic heterocycles. The van der Waals surface area contributed by atoms with Gasteiger partial charge < -0.3 is 14.8 Å². The smallest absolute Gasteiger partial charge is 0.185 e. The van der Waals surface area contributed by atoms with Crippen LogP contribution >= 0.6 is 0 Å². The summed E-state index contributed by atoms with van der Waals surface area (Å²) in [6, 6.07) is 20.1. The Morgan fingerprint density at radius 3 is 2.55 bits per heavy atom. The van der Waals surface area contributed by atoms with Gasteiger partial charge in [-0.15, -0.1) is 10.2 Å². The minimum Gasteiger partial charge on any atom is -0.371 e. The maximum absolute atomic E-state index is 9.16. The summed E-state index contributed by atoms with van der Waals surface area (Å²) in [6.45, 7) is 9.82. The van der Waals surface area contributed by atoms with E-state index in [1.54, 1.807) is 0 Å². The Bertz CT molecular complexity index is 1460. The molecule has 2 aliphatic heterocycles. The molecule has 1 fully saturated rings. The number of hydrogen-bond acceptors (Lipinski definition) is 5. The Hall–Kier alpha value is -3.89. The van der Waals surface area contributed by atoms with Crippen molar-refractivity contribution in [3.8, 4) is 34.4 Å². The molecule has 194 valence electrons. The van der Waals surface area contributed by atoms with E-state index < -0.39 is 0 Å². The molecular formula is C31H35N7. The van der Waals surface area contributed by atoms with Crippen LogP contribution in [0.5, 0.6) is 0 Å². The molecular weight excluding hydrogens is 470 g/mol. The molecule has 0 aliphatic carbocycles. The van der Waals surface area contributed by atoms with Crippen molar-refractivity contribution in [1.29, 1.82) is 5.26 Å². The Morgan fingerprint density at radius 2 is 1.84 bits per heavy atom. The van der Waals surface area contributed by atoms with Gasteiger partial charge in [0, 0.05) is 49.2 Å². The molecule has 2 aliphatic rings. The van der Waals surface area contributed by atoms with E-state index in [1.165, 1.54) is 30.5 Å². The summed E-state index contributed by atoms with van der Waals surface area (Å²) in [5.41, 5.74) is 7.59. The molecule has 7 heteroatoms. The van der Waals surface area contributed by atoms with Crippen molar-refractivity contribution in [1.82, 2.24) is 24.6 Å². The number of piperidine rings is 1. The van der Waals surface area contributed by atoms with E-state index in [0.29, 0.717) is 23.6 Å². The molecule has 0 spiro atoms. The van der Waals surface area contributed by atoms with E-state index >= 15 is 0 Å². The number of rotatable bonds is 6. The number of nitriles is 1. The highest BCUT2D eigenvalue weighted by Gasteiger charge is 2.25. The van der Waals surface area contributed by atoms with E-state index in [1.807, 2.05) is 30.6 Å². The van der Waals surface area contributed by atoms with Crippen LogP contribution in [0.1, 0.15) is 51.2 Å². The lowest BCUT2D eigenvalue weighted by molar-refractivity contribution is 0.310. The summed E-state index contributed by atoms with van der Waals surface area (Å²) in [5.74, 6) is 1.51. The molecule has 4 heterocycles. The Morgan fingerprint density at radius 1 is 1.05 bits per heavy atom. The van der Waals surface area contributed by atoms with Gasteiger partial charge in [-0.05, 0) is 72.7 Å². The summed E-state index contributed by atoms with van der Waals surface area (Å²) in [5, 5.41) is 21.8. The number of fused-ring (bicyclic) bond motifs is 5. The zero-order chi connectivity index (χ0) is 26.2. The molecule has 1 saturated heterocycles. The van der Waals surface area contributed by atoms with Crippen LogP contribution < -0.4 is 10.2 Å². The SMILES string of the molecule is CC[C@@H](NC1CCN(c2ccc3c(c2)Cn2cc(-c4ccc(C#N)cc4)cc2-c2nncn2-3)CC1)C(C)C. The summed E-state index contributed by atoms with van der Waals surface area (Å²) in [4.78, 5) is 2.53. The topological polar surface area (TPSA) is 74.7 Å². The van der Waals surface area contributed by atoms with Crippen molar-refractivity contribution in [2.45, 2.75) is 58.7 Å². The number of benzene rings is 2.